The lowest BCUT2D eigenvalue weighted by Gasteiger charge is -2.28. The molecular formula is C19H27ClN2O3S. The van der Waals surface area contributed by atoms with Gasteiger partial charge in [-0.1, -0.05) is 24.1 Å². The number of carbonyl (C=O) groups excluding carboxylic acids is 1. The van der Waals surface area contributed by atoms with Crippen molar-refractivity contribution in [1.82, 2.24) is 10.0 Å². The van der Waals surface area contributed by atoms with Crippen LogP contribution in [0.15, 0.2) is 23.1 Å². The smallest absolute Gasteiger partial charge is 0.241 e. The molecule has 0 spiro atoms. The number of amides is 1. The van der Waals surface area contributed by atoms with E-state index < -0.39 is 15.6 Å². The summed E-state index contributed by atoms with van der Waals surface area (Å²) < 4.78 is 28.2. The van der Waals surface area contributed by atoms with E-state index >= 15 is 0 Å². The van der Waals surface area contributed by atoms with E-state index in [0.717, 1.165) is 12.3 Å². The van der Waals surface area contributed by atoms with Crippen LogP contribution in [0.1, 0.15) is 51.5 Å². The summed E-state index contributed by atoms with van der Waals surface area (Å²) in [5.74, 6) is 1.25. The molecule has 0 saturated heterocycles. The van der Waals surface area contributed by atoms with Crippen LogP contribution in [0.4, 0.5) is 0 Å². The maximum Gasteiger partial charge on any atom is 0.241 e. The molecule has 0 heterocycles. The molecule has 2 aliphatic carbocycles. The first-order valence-corrected chi connectivity index (χ1v) is 11.0. The zero-order chi connectivity index (χ0) is 19.1. The molecule has 2 fully saturated rings. The van der Waals surface area contributed by atoms with Gasteiger partial charge in [0.05, 0.1) is 4.90 Å². The van der Waals surface area contributed by atoms with Crippen LogP contribution in [0, 0.1) is 18.8 Å². The van der Waals surface area contributed by atoms with E-state index in [1.807, 2.05) is 0 Å². The summed E-state index contributed by atoms with van der Waals surface area (Å²) in [5.41, 5.74) is -0.390. The first-order chi connectivity index (χ1) is 12.1. The van der Waals surface area contributed by atoms with Gasteiger partial charge in [-0.05, 0) is 69.6 Å². The molecule has 26 heavy (non-hydrogen) atoms. The third-order valence-electron chi connectivity index (χ3n) is 5.61. The number of hydrogen-bond acceptors (Lipinski definition) is 3. The Hall–Kier alpha value is -1.11. The summed E-state index contributed by atoms with van der Waals surface area (Å²) in [4.78, 5) is 12.6. The molecule has 1 amide bonds. The summed E-state index contributed by atoms with van der Waals surface area (Å²) in [6, 6.07) is 5.04. The first-order valence-electron chi connectivity index (χ1n) is 9.16. The molecule has 5 nitrogen and oxygen atoms in total. The summed E-state index contributed by atoms with van der Waals surface area (Å²) in [6.07, 6.45) is 4.85. The van der Waals surface area contributed by atoms with Gasteiger partial charge in [0.15, 0.2) is 0 Å². The second-order valence-corrected chi connectivity index (χ2v) is 10.4. The number of benzene rings is 1. The normalized spacial score (nSPS) is 25.5. The van der Waals surface area contributed by atoms with Crippen LogP contribution in [-0.2, 0) is 14.8 Å². The minimum atomic E-state index is -3.77. The van der Waals surface area contributed by atoms with Crippen molar-refractivity contribution in [3.05, 3.63) is 28.8 Å². The number of carbonyl (C=O) groups is 1. The largest absolute Gasteiger partial charge is 0.353 e. The molecule has 0 aliphatic heterocycles. The Morgan fingerprint density at radius 3 is 2.62 bits per heavy atom. The van der Waals surface area contributed by atoms with Gasteiger partial charge in [-0.2, -0.15) is 0 Å². The van der Waals surface area contributed by atoms with Gasteiger partial charge in [0.2, 0.25) is 15.9 Å². The summed E-state index contributed by atoms with van der Waals surface area (Å²) >= 11 is 6.05. The lowest BCUT2D eigenvalue weighted by atomic mass is 9.94. The fraction of sp³-hybridized carbons (Fsp3) is 0.632. The Labute approximate surface area is 160 Å². The minimum Gasteiger partial charge on any atom is -0.353 e. The van der Waals surface area contributed by atoms with Gasteiger partial charge >= 0.3 is 0 Å². The second-order valence-electron chi connectivity index (χ2n) is 8.38. The highest BCUT2D eigenvalue weighted by molar-refractivity contribution is 7.89. The van der Waals surface area contributed by atoms with E-state index in [0.29, 0.717) is 16.5 Å². The molecule has 3 rings (SSSR count). The molecule has 2 saturated carbocycles. The van der Waals surface area contributed by atoms with Gasteiger partial charge in [0, 0.05) is 23.0 Å². The Morgan fingerprint density at radius 2 is 2.00 bits per heavy atom. The predicted molar refractivity (Wildman–Crippen MR) is 103 cm³/mol. The predicted octanol–water partition coefficient (Wildman–Crippen LogP) is 3.40. The molecule has 0 radical (unpaired) electrons. The molecule has 144 valence electrons. The Bertz CT molecular complexity index is 807. The molecule has 3 unspecified atom stereocenters. The van der Waals surface area contributed by atoms with Crippen LogP contribution >= 0.6 is 11.6 Å². The van der Waals surface area contributed by atoms with Crippen molar-refractivity contribution in [2.75, 3.05) is 0 Å². The first kappa shape index (κ1) is 19.6. The SMILES string of the molecule is Cc1c(Cl)cccc1S(=O)(=O)NC(C)(C)CC(=O)NC1CC2CCC1C2. The Morgan fingerprint density at radius 1 is 1.27 bits per heavy atom. The fourth-order valence-corrected chi connectivity index (χ4v) is 6.33. The van der Waals surface area contributed by atoms with Gasteiger partial charge < -0.3 is 5.32 Å². The van der Waals surface area contributed by atoms with Crippen LogP contribution in [0.2, 0.25) is 5.02 Å². The monoisotopic (exact) mass is 398 g/mol. The van der Waals surface area contributed by atoms with Crippen molar-refractivity contribution >= 4 is 27.5 Å². The van der Waals surface area contributed by atoms with E-state index in [9.17, 15) is 13.2 Å². The number of nitrogens with one attached hydrogen (secondary N) is 2. The lowest BCUT2D eigenvalue weighted by molar-refractivity contribution is -0.123. The Kier molecular flexibility index (Phi) is 5.39. The Balaban J connectivity index is 1.64. The highest BCUT2D eigenvalue weighted by Gasteiger charge is 2.40. The van der Waals surface area contributed by atoms with Gasteiger partial charge in [-0.15, -0.1) is 0 Å². The lowest BCUT2D eigenvalue weighted by Crippen LogP contribution is -2.48. The van der Waals surface area contributed by atoms with Crippen LogP contribution in [0.3, 0.4) is 0 Å². The van der Waals surface area contributed by atoms with E-state index in [1.165, 1.54) is 25.3 Å². The molecular weight excluding hydrogens is 372 g/mol. The zero-order valence-electron chi connectivity index (χ0n) is 15.5. The van der Waals surface area contributed by atoms with E-state index in [2.05, 4.69) is 10.0 Å². The van der Waals surface area contributed by atoms with Gasteiger partial charge in [0.1, 0.15) is 0 Å². The highest BCUT2D eigenvalue weighted by atomic mass is 35.5. The van der Waals surface area contributed by atoms with Crippen molar-refractivity contribution < 1.29 is 13.2 Å². The van der Waals surface area contributed by atoms with E-state index in [4.69, 9.17) is 11.6 Å². The third-order valence-corrected chi connectivity index (χ3v) is 7.86. The number of fused-ring (bicyclic) bond motifs is 2. The van der Waals surface area contributed by atoms with Crippen molar-refractivity contribution in [3.63, 3.8) is 0 Å². The quantitative estimate of drug-likeness (QED) is 0.771. The number of halogens is 1. The van der Waals surface area contributed by atoms with Crippen LogP contribution in [0.5, 0.6) is 0 Å². The van der Waals surface area contributed by atoms with Crippen LogP contribution < -0.4 is 10.0 Å². The maximum atomic E-state index is 12.7. The summed E-state index contributed by atoms with van der Waals surface area (Å²) in [5, 5.41) is 3.52. The highest BCUT2D eigenvalue weighted by Crippen LogP contribution is 2.44. The standard InChI is InChI=1S/C19H27ClN2O3S/c1-12-15(20)5-4-6-17(12)26(24,25)22-19(2,3)11-18(23)21-16-10-13-7-8-14(16)9-13/h4-6,13-14,16,22H,7-11H2,1-3H3,(H,21,23). The summed E-state index contributed by atoms with van der Waals surface area (Å²) in [7, 11) is -3.77. The molecule has 2 bridgehead atoms. The van der Waals surface area contributed by atoms with Crippen LogP contribution in [0.25, 0.3) is 0 Å². The van der Waals surface area contributed by atoms with Crippen molar-refractivity contribution in [2.24, 2.45) is 11.8 Å². The van der Waals surface area contributed by atoms with Crippen molar-refractivity contribution in [1.29, 1.82) is 0 Å². The zero-order valence-corrected chi connectivity index (χ0v) is 17.1. The van der Waals surface area contributed by atoms with E-state index in [-0.39, 0.29) is 23.3 Å². The topological polar surface area (TPSA) is 75.3 Å². The van der Waals surface area contributed by atoms with Gasteiger partial charge in [-0.3, -0.25) is 4.79 Å². The molecule has 1 aromatic carbocycles. The summed E-state index contributed by atoms with van der Waals surface area (Å²) in [6.45, 7) is 5.13. The second kappa shape index (κ2) is 7.13. The number of rotatable bonds is 6. The minimum absolute atomic E-state index is 0.0970. The molecule has 2 aliphatic rings. The average molecular weight is 399 g/mol. The van der Waals surface area contributed by atoms with Crippen molar-refractivity contribution in [2.45, 2.75) is 69.4 Å². The van der Waals surface area contributed by atoms with E-state index in [1.54, 1.807) is 32.9 Å². The molecule has 2 N–H and O–H groups in total. The van der Waals surface area contributed by atoms with Crippen LogP contribution in [-0.4, -0.2) is 25.9 Å². The molecule has 7 heteroatoms. The number of hydrogen-bond donors (Lipinski definition) is 2. The maximum absolute atomic E-state index is 12.7. The molecule has 0 aromatic heterocycles. The molecule has 1 aromatic rings. The number of sulfonamides is 1. The molecule has 3 atom stereocenters. The van der Waals surface area contributed by atoms with Gasteiger partial charge in [-0.25, -0.2) is 13.1 Å². The van der Waals surface area contributed by atoms with Gasteiger partial charge in [0.25, 0.3) is 0 Å². The third kappa shape index (κ3) is 4.24. The fourth-order valence-electron chi connectivity index (χ4n) is 4.41. The van der Waals surface area contributed by atoms with Crippen molar-refractivity contribution in [3.8, 4) is 0 Å². The average Bonchev–Trinajstić information content (AvgIpc) is 3.10.